The average molecular weight is 300 g/mol. The predicted octanol–water partition coefficient (Wildman–Crippen LogP) is 3.41. The maximum Gasteiger partial charge on any atom is 1.00 e. The van der Waals surface area contributed by atoms with E-state index in [4.69, 9.17) is 0 Å². The Morgan fingerprint density at radius 3 is 1.58 bits per heavy atom. The molecule has 0 saturated heterocycles. The smallest absolute Gasteiger partial charge is 0.127 e. The second-order valence-electron chi connectivity index (χ2n) is 5.67. The van der Waals surface area contributed by atoms with E-state index in [0.29, 0.717) is 0 Å². The van der Waals surface area contributed by atoms with Crippen LogP contribution < -0.4 is 18.9 Å². The number of benzene rings is 3. The van der Waals surface area contributed by atoms with Crippen molar-refractivity contribution in [3.8, 4) is 33.4 Å². The van der Waals surface area contributed by atoms with Crippen molar-refractivity contribution in [2.24, 2.45) is 0 Å². The van der Waals surface area contributed by atoms with Gasteiger partial charge in [-0.25, -0.2) is 0 Å². The standard InChI is InChI=1S/C23H17.Li/c1-4-10-18(11-5-1)21-16-22(19-12-6-2-7-13-19)23(17-21)20-14-8-3-9-15-20;/h1-17H;/q-1;+1. The summed E-state index contributed by atoms with van der Waals surface area (Å²) < 4.78 is 0. The Bertz CT molecular complexity index is 834. The first-order valence-electron chi connectivity index (χ1n) is 7.89. The van der Waals surface area contributed by atoms with Gasteiger partial charge in [-0.15, -0.1) is 29.8 Å². The molecule has 0 saturated carbocycles. The molecule has 0 atom stereocenters. The molecule has 4 aromatic rings. The van der Waals surface area contributed by atoms with Gasteiger partial charge in [-0.05, 0) is 0 Å². The SMILES string of the molecule is [Li+].c1ccc(-c2cc(-c3ccccc3)[c-](-c3ccccc3)c2)cc1. The molecular weight excluding hydrogens is 283 g/mol. The molecule has 24 heavy (non-hydrogen) atoms. The molecule has 0 unspecified atom stereocenters. The van der Waals surface area contributed by atoms with Crippen molar-refractivity contribution in [3.63, 3.8) is 0 Å². The minimum atomic E-state index is 0. The summed E-state index contributed by atoms with van der Waals surface area (Å²) in [4.78, 5) is 0. The van der Waals surface area contributed by atoms with E-state index in [2.05, 4.69) is 103 Å². The van der Waals surface area contributed by atoms with Gasteiger partial charge in [0.05, 0.1) is 0 Å². The molecule has 0 N–H and O–H groups in total. The predicted molar refractivity (Wildman–Crippen MR) is 98.3 cm³/mol. The van der Waals surface area contributed by atoms with Gasteiger partial charge in [0.25, 0.3) is 0 Å². The van der Waals surface area contributed by atoms with Crippen molar-refractivity contribution in [1.82, 2.24) is 0 Å². The van der Waals surface area contributed by atoms with Gasteiger partial charge in [-0.1, -0.05) is 107 Å². The fourth-order valence-electron chi connectivity index (χ4n) is 3.02. The summed E-state index contributed by atoms with van der Waals surface area (Å²) in [6, 6.07) is 36.4. The molecule has 0 heterocycles. The summed E-state index contributed by atoms with van der Waals surface area (Å²) in [5, 5.41) is 0. The monoisotopic (exact) mass is 300 g/mol. The number of rotatable bonds is 3. The van der Waals surface area contributed by atoms with Crippen molar-refractivity contribution in [3.05, 3.63) is 103 Å². The molecule has 1 heteroatoms. The van der Waals surface area contributed by atoms with Crippen molar-refractivity contribution < 1.29 is 18.9 Å². The van der Waals surface area contributed by atoms with Crippen LogP contribution in [0, 0.1) is 0 Å². The summed E-state index contributed by atoms with van der Waals surface area (Å²) >= 11 is 0. The van der Waals surface area contributed by atoms with Gasteiger partial charge >= 0.3 is 18.9 Å². The van der Waals surface area contributed by atoms with Gasteiger partial charge in [-0.3, -0.25) is 0 Å². The van der Waals surface area contributed by atoms with Crippen LogP contribution >= 0.6 is 0 Å². The molecule has 110 valence electrons. The molecule has 0 aliphatic carbocycles. The minimum Gasteiger partial charge on any atom is -0.127 e. The Labute approximate surface area is 155 Å². The maximum atomic E-state index is 2.30. The van der Waals surface area contributed by atoms with Crippen molar-refractivity contribution in [2.45, 2.75) is 0 Å². The molecule has 0 radical (unpaired) electrons. The van der Waals surface area contributed by atoms with Gasteiger partial charge in [0.1, 0.15) is 0 Å². The molecule has 0 nitrogen and oxygen atoms in total. The van der Waals surface area contributed by atoms with Crippen LogP contribution in [0.15, 0.2) is 103 Å². The summed E-state index contributed by atoms with van der Waals surface area (Å²) in [6.45, 7) is 0. The Balaban J connectivity index is 0.00000169. The van der Waals surface area contributed by atoms with E-state index >= 15 is 0 Å². The third kappa shape index (κ3) is 3.26. The maximum absolute atomic E-state index is 2.30. The van der Waals surface area contributed by atoms with Crippen LogP contribution in [-0.4, -0.2) is 0 Å². The van der Waals surface area contributed by atoms with Crippen LogP contribution in [0.2, 0.25) is 0 Å². The van der Waals surface area contributed by atoms with Gasteiger partial charge in [0.2, 0.25) is 0 Å². The molecule has 0 fully saturated rings. The molecule has 0 amide bonds. The Hall–Kier alpha value is -2.39. The minimum absolute atomic E-state index is 0. The van der Waals surface area contributed by atoms with E-state index in [9.17, 15) is 0 Å². The zero-order valence-corrected chi connectivity index (χ0v) is 13.8. The van der Waals surface area contributed by atoms with E-state index in [1.807, 2.05) is 0 Å². The van der Waals surface area contributed by atoms with E-state index in [-0.39, 0.29) is 18.9 Å². The molecule has 4 rings (SSSR count). The molecular formula is C23H17Li. The van der Waals surface area contributed by atoms with E-state index in [1.165, 1.54) is 33.4 Å². The van der Waals surface area contributed by atoms with Crippen LogP contribution in [-0.2, 0) is 0 Å². The zero-order valence-electron chi connectivity index (χ0n) is 13.8. The topological polar surface area (TPSA) is 0 Å². The fraction of sp³-hybridized carbons (Fsp3) is 0. The third-order valence-electron chi connectivity index (χ3n) is 4.17. The first-order chi connectivity index (χ1) is 11.4. The van der Waals surface area contributed by atoms with Gasteiger partial charge in [-0.2, -0.15) is 0 Å². The van der Waals surface area contributed by atoms with Gasteiger partial charge < -0.3 is 0 Å². The summed E-state index contributed by atoms with van der Waals surface area (Å²) in [5.74, 6) is 0. The van der Waals surface area contributed by atoms with Crippen molar-refractivity contribution in [1.29, 1.82) is 0 Å². The number of hydrogen-bond acceptors (Lipinski definition) is 0. The molecule has 0 aromatic heterocycles. The summed E-state index contributed by atoms with van der Waals surface area (Å²) in [7, 11) is 0. The Morgan fingerprint density at radius 1 is 0.500 bits per heavy atom. The first-order valence-corrected chi connectivity index (χ1v) is 7.89. The molecule has 4 aromatic carbocycles. The molecule has 0 bridgehead atoms. The number of hydrogen-bond donors (Lipinski definition) is 0. The quantitative estimate of drug-likeness (QED) is 0.402. The molecule has 0 aliphatic rings. The average Bonchev–Trinajstić information content (AvgIpc) is 3.09. The largest absolute Gasteiger partial charge is 1.00 e. The van der Waals surface area contributed by atoms with Gasteiger partial charge in [0.15, 0.2) is 0 Å². The summed E-state index contributed by atoms with van der Waals surface area (Å²) in [5.41, 5.74) is 7.61. The van der Waals surface area contributed by atoms with E-state index in [0.717, 1.165) is 0 Å². The fourth-order valence-corrected chi connectivity index (χ4v) is 3.02. The van der Waals surface area contributed by atoms with Crippen LogP contribution in [0.5, 0.6) is 0 Å². The van der Waals surface area contributed by atoms with Crippen molar-refractivity contribution in [2.75, 3.05) is 0 Å². The first kappa shape index (κ1) is 16.5. The van der Waals surface area contributed by atoms with E-state index < -0.39 is 0 Å². The van der Waals surface area contributed by atoms with Gasteiger partial charge in [0, 0.05) is 0 Å². The molecule has 0 aliphatic heterocycles. The van der Waals surface area contributed by atoms with Crippen LogP contribution in [0.3, 0.4) is 0 Å². The van der Waals surface area contributed by atoms with E-state index in [1.54, 1.807) is 0 Å². The third-order valence-corrected chi connectivity index (χ3v) is 4.17. The normalized spacial score (nSPS) is 10.2. The second-order valence-corrected chi connectivity index (χ2v) is 5.67. The Kier molecular flexibility index (Phi) is 5.11. The Morgan fingerprint density at radius 2 is 1.00 bits per heavy atom. The second kappa shape index (κ2) is 7.45. The van der Waals surface area contributed by atoms with Crippen LogP contribution in [0.25, 0.3) is 33.4 Å². The van der Waals surface area contributed by atoms with Crippen molar-refractivity contribution >= 4 is 0 Å². The summed E-state index contributed by atoms with van der Waals surface area (Å²) in [6.07, 6.45) is 0. The van der Waals surface area contributed by atoms with Crippen LogP contribution in [0.4, 0.5) is 0 Å². The zero-order chi connectivity index (χ0) is 15.5. The van der Waals surface area contributed by atoms with Crippen LogP contribution in [0.1, 0.15) is 0 Å². The molecule has 0 spiro atoms.